The fourth-order valence-electron chi connectivity index (χ4n) is 2.21. The summed E-state index contributed by atoms with van der Waals surface area (Å²) in [5.74, 6) is 0. The van der Waals surface area contributed by atoms with Crippen LogP contribution in [0.3, 0.4) is 0 Å². The number of aryl methyl sites for hydroxylation is 1. The van der Waals surface area contributed by atoms with Crippen LogP contribution in [0.4, 0.5) is 0 Å². The minimum Gasteiger partial charge on any atom is -0.310 e. The molecule has 0 amide bonds. The van der Waals surface area contributed by atoms with Crippen LogP contribution in [-0.2, 0) is 6.42 Å². The summed E-state index contributed by atoms with van der Waals surface area (Å²) < 4.78 is 0. The summed E-state index contributed by atoms with van der Waals surface area (Å²) in [6.07, 6.45) is 3.19. The van der Waals surface area contributed by atoms with Gasteiger partial charge in [-0.05, 0) is 61.0 Å². The van der Waals surface area contributed by atoms with E-state index in [9.17, 15) is 0 Å². The molecule has 4 heteroatoms. The van der Waals surface area contributed by atoms with Crippen molar-refractivity contribution in [1.82, 2.24) is 5.32 Å². The van der Waals surface area contributed by atoms with Crippen LogP contribution in [0, 0.1) is 0 Å². The molecule has 0 aliphatic carbocycles. The molecule has 1 nitrogen and oxygen atoms in total. The fraction of sp³-hybridized carbons (Fsp3) is 0.375. The second kappa shape index (κ2) is 8.04. The molecule has 1 N–H and O–H groups in total. The van der Waals surface area contributed by atoms with Crippen LogP contribution in [0.1, 0.15) is 36.2 Å². The molecule has 0 spiro atoms. The van der Waals surface area contributed by atoms with Crippen LogP contribution < -0.4 is 5.32 Å². The lowest BCUT2D eigenvalue weighted by Gasteiger charge is -2.20. The predicted octanol–water partition coefficient (Wildman–Crippen LogP) is 5.73. The Balaban J connectivity index is 2.11. The van der Waals surface area contributed by atoms with Crippen molar-refractivity contribution >= 4 is 34.5 Å². The van der Waals surface area contributed by atoms with Gasteiger partial charge in [0, 0.05) is 21.0 Å². The van der Waals surface area contributed by atoms with Gasteiger partial charge in [0.2, 0.25) is 0 Å². The first kappa shape index (κ1) is 15.8. The summed E-state index contributed by atoms with van der Waals surface area (Å²) >= 11 is 14.2. The molecule has 0 saturated carbocycles. The molecule has 0 radical (unpaired) electrons. The average molecular weight is 328 g/mol. The lowest BCUT2D eigenvalue weighted by atomic mass is 10.0. The normalized spacial score (nSPS) is 12.6. The molecule has 1 aromatic carbocycles. The third kappa shape index (κ3) is 4.49. The van der Waals surface area contributed by atoms with E-state index in [1.165, 1.54) is 4.88 Å². The molecule has 0 saturated heterocycles. The van der Waals surface area contributed by atoms with Gasteiger partial charge in [-0.15, -0.1) is 11.3 Å². The standard InChI is InChI=1S/C16H19Cl2NS/c1-2-9-19-16(8-6-13-4-3-10-20-13)14-11-12(17)5-7-15(14)18/h3-5,7,10-11,16,19H,2,6,8-9H2,1H3. The van der Waals surface area contributed by atoms with E-state index in [0.717, 1.165) is 41.4 Å². The van der Waals surface area contributed by atoms with E-state index in [4.69, 9.17) is 23.2 Å². The third-order valence-corrected chi connectivity index (χ3v) is 4.75. The van der Waals surface area contributed by atoms with Crippen molar-refractivity contribution in [2.24, 2.45) is 0 Å². The Morgan fingerprint density at radius 2 is 2.10 bits per heavy atom. The molecule has 20 heavy (non-hydrogen) atoms. The molecule has 2 aromatic rings. The Bertz CT molecular complexity index is 525. The minimum absolute atomic E-state index is 0.253. The molecule has 0 bridgehead atoms. The molecule has 108 valence electrons. The SMILES string of the molecule is CCCNC(CCc1cccs1)c1cc(Cl)ccc1Cl. The largest absolute Gasteiger partial charge is 0.310 e. The zero-order valence-electron chi connectivity index (χ0n) is 11.5. The second-order valence-electron chi connectivity index (χ2n) is 4.79. The van der Waals surface area contributed by atoms with Crippen LogP contribution in [0.15, 0.2) is 35.7 Å². The zero-order chi connectivity index (χ0) is 14.4. The highest BCUT2D eigenvalue weighted by molar-refractivity contribution is 7.09. The van der Waals surface area contributed by atoms with Crippen molar-refractivity contribution in [2.75, 3.05) is 6.54 Å². The zero-order valence-corrected chi connectivity index (χ0v) is 13.9. The van der Waals surface area contributed by atoms with Gasteiger partial charge in [-0.25, -0.2) is 0 Å². The van der Waals surface area contributed by atoms with Crippen molar-refractivity contribution < 1.29 is 0 Å². The van der Waals surface area contributed by atoms with E-state index in [-0.39, 0.29) is 6.04 Å². The Kier molecular flexibility index (Phi) is 6.37. The van der Waals surface area contributed by atoms with Crippen LogP contribution in [0.2, 0.25) is 10.0 Å². The quantitative estimate of drug-likeness (QED) is 0.684. The van der Waals surface area contributed by atoms with Crippen molar-refractivity contribution in [2.45, 2.75) is 32.2 Å². The van der Waals surface area contributed by atoms with E-state index in [1.54, 1.807) is 11.3 Å². The summed E-state index contributed by atoms with van der Waals surface area (Å²) in [5.41, 5.74) is 1.10. The van der Waals surface area contributed by atoms with Gasteiger partial charge in [-0.1, -0.05) is 36.2 Å². The van der Waals surface area contributed by atoms with Gasteiger partial charge in [0.25, 0.3) is 0 Å². The number of nitrogens with one attached hydrogen (secondary N) is 1. The number of thiophene rings is 1. The van der Waals surface area contributed by atoms with Crippen LogP contribution >= 0.6 is 34.5 Å². The van der Waals surface area contributed by atoms with Gasteiger partial charge in [0.05, 0.1) is 0 Å². The highest BCUT2D eigenvalue weighted by Crippen LogP contribution is 2.29. The molecule has 1 unspecified atom stereocenters. The Labute approximate surface area is 134 Å². The van der Waals surface area contributed by atoms with Crippen LogP contribution in [-0.4, -0.2) is 6.54 Å². The number of hydrogen-bond acceptors (Lipinski definition) is 2. The summed E-state index contributed by atoms with van der Waals surface area (Å²) in [6.45, 7) is 3.15. The van der Waals surface area contributed by atoms with E-state index in [0.29, 0.717) is 0 Å². The molecule has 1 atom stereocenters. The van der Waals surface area contributed by atoms with E-state index in [1.807, 2.05) is 18.2 Å². The molecular formula is C16H19Cl2NS. The second-order valence-corrected chi connectivity index (χ2v) is 6.67. The maximum Gasteiger partial charge on any atom is 0.0454 e. The summed E-state index contributed by atoms with van der Waals surface area (Å²) in [6, 6.07) is 10.2. The van der Waals surface area contributed by atoms with Gasteiger partial charge in [0.1, 0.15) is 0 Å². The number of benzene rings is 1. The minimum atomic E-state index is 0.253. The first-order chi connectivity index (χ1) is 9.70. The highest BCUT2D eigenvalue weighted by atomic mass is 35.5. The first-order valence-electron chi connectivity index (χ1n) is 6.91. The van der Waals surface area contributed by atoms with E-state index < -0.39 is 0 Å². The molecule has 2 rings (SSSR count). The van der Waals surface area contributed by atoms with Crippen molar-refractivity contribution in [3.63, 3.8) is 0 Å². The maximum absolute atomic E-state index is 6.33. The van der Waals surface area contributed by atoms with Gasteiger partial charge in [-0.3, -0.25) is 0 Å². The topological polar surface area (TPSA) is 12.0 Å². The van der Waals surface area contributed by atoms with Gasteiger partial charge < -0.3 is 5.32 Å². The van der Waals surface area contributed by atoms with Gasteiger partial charge in [-0.2, -0.15) is 0 Å². The third-order valence-electron chi connectivity index (χ3n) is 3.23. The van der Waals surface area contributed by atoms with E-state index >= 15 is 0 Å². The molecule has 0 fully saturated rings. The summed E-state index contributed by atoms with van der Waals surface area (Å²) in [7, 11) is 0. The van der Waals surface area contributed by atoms with Gasteiger partial charge in [0.15, 0.2) is 0 Å². The number of rotatable bonds is 7. The Morgan fingerprint density at radius 3 is 2.80 bits per heavy atom. The average Bonchev–Trinajstić information content (AvgIpc) is 2.95. The number of hydrogen-bond donors (Lipinski definition) is 1. The Hall–Kier alpha value is -0.540. The van der Waals surface area contributed by atoms with Crippen LogP contribution in [0.25, 0.3) is 0 Å². The monoisotopic (exact) mass is 327 g/mol. The summed E-state index contributed by atoms with van der Waals surface area (Å²) in [5, 5.41) is 7.22. The highest BCUT2D eigenvalue weighted by Gasteiger charge is 2.15. The molecule has 0 aliphatic heterocycles. The maximum atomic E-state index is 6.33. The van der Waals surface area contributed by atoms with Crippen LogP contribution in [0.5, 0.6) is 0 Å². The lowest BCUT2D eigenvalue weighted by molar-refractivity contribution is 0.501. The molecule has 1 heterocycles. The lowest BCUT2D eigenvalue weighted by Crippen LogP contribution is -2.23. The first-order valence-corrected chi connectivity index (χ1v) is 8.55. The Morgan fingerprint density at radius 1 is 1.25 bits per heavy atom. The summed E-state index contributed by atoms with van der Waals surface area (Å²) in [4.78, 5) is 1.41. The van der Waals surface area contributed by atoms with Crippen molar-refractivity contribution in [1.29, 1.82) is 0 Å². The van der Waals surface area contributed by atoms with Gasteiger partial charge >= 0.3 is 0 Å². The molecule has 0 aliphatic rings. The van der Waals surface area contributed by atoms with Crippen molar-refractivity contribution in [3.8, 4) is 0 Å². The smallest absolute Gasteiger partial charge is 0.0454 e. The molecular weight excluding hydrogens is 309 g/mol. The fourth-order valence-corrected chi connectivity index (χ4v) is 3.36. The molecule has 1 aromatic heterocycles. The van der Waals surface area contributed by atoms with E-state index in [2.05, 4.69) is 29.8 Å². The number of halogens is 2. The van der Waals surface area contributed by atoms with Crippen molar-refractivity contribution in [3.05, 3.63) is 56.2 Å². The predicted molar refractivity (Wildman–Crippen MR) is 90.1 cm³/mol.